The fourth-order valence-corrected chi connectivity index (χ4v) is 2.82. The molecule has 0 saturated heterocycles. The molecule has 0 bridgehead atoms. The van der Waals surface area contributed by atoms with Crippen molar-refractivity contribution in [3.63, 3.8) is 0 Å². The monoisotopic (exact) mass is 307 g/mol. The Kier molecular flexibility index (Phi) is 3.25. The van der Waals surface area contributed by atoms with Gasteiger partial charge < -0.3 is 18.9 Å². The first kappa shape index (κ1) is 13.7. The summed E-state index contributed by atoms with van der Waals surface area (Å²) in [5.74, 6) is 0.505. The molecule has 6 nitrogen and oxygen atoms in total. The maximum atomic E-state index is 13.8. The first-order valence-electron chi connectivity index (χ1n) is 6.34. The van der Waals surface area contributed by atoms with Crippen LogP contribution < -0.4 is 4.74 Å². The Morgan fingerprint density at radius 2 is 2.19 bits per heavy atom. The molecule has 0 fully saturated rings. The minimum absolute atomic E-state index is 0.145. The Bertz CT molecular complexity index is 865. The smallest absolute Gasteiger partial charge is 0.178 e. The van der Waals surface area contributed by atoms with Crippen molar-refractivity contribution in [2.24, 2.45) is 7.05 Å². The highest BCUT2D eigenvalue weighted by Crippen LogP contribution is 2.28. The summed E-state index contributed by atoms with van der Waals surface area (Å²) in [6.07, 6.45) is 1.63. The zero-order valence-electron chi connectivity index (χ0n) is 11.8. The highest BCUT2D eigenvalue weighted by Gasteiger charge is 2.19. The zero-order valence-corrected chi connectivity index (χ0v) is 12.6. The van der Waals surface area contributed by atoms with E-state index in [1.54, 1.807) is 12.4 Å². The van der Waals surface area contributed by atoms with Crippen LogP contribution in [0.1, 0.15) is 18.8 Å². The number of H-pyrrole nitrogens is 1. The molecular formula is C13H14FN5OS. The average molecular weight is 307 g/mol. The van der Waals surface area contributed by atoms with Crippen LogP contribution in [0.5, 0.6) is 5.75 Å². The predicted octanol–water partition coefficient (Wildman–Crippen LogP) is 2.58. The first-order valence-corrected chi connectivity index (χ1v) is 6.75. The third-order valence-electron chi connectivity index (χ3n) is 3.50. The predicted molar refractivity (Wildman–Crippen MR) is 78.4 cm³/mol. The Labute approximate surface area is 125 Å². The highest BCUT2D eigenvalue weighted by atomic mass is 32.1. The molecule has 0 radical (unpaired) electrons. The van der Waals surface area contributed by atoms with Crippen molar-refractivity contribution < 1.29 is 9.13 Å². The molecule has 8 heteroatoms. The summed E-state index contributed by atoms with van der Waals surface area (Å²) in [6, 6.07) is 2.86. The molecule has 1 aromatic carbocycles. The summed E-state index contributed by atoms with van der Waals surface area (Å²) >= 11 is 5.36. The maximum absolute atomic E-state index is 13.8. The number of fused-ring (bicyclic) bond motifs is 1. The quantitative estimate of drug-likeness (QED) is 0.756. The van der Waals surface area contributed by atoms with Gasteiger partial charge in [-0.15, -0.1) is 10.2 Å². The highest BCUT2D eigenvalue weighted by molar-refractivity contribution is 7.71. The Morgan fingerprint density at radius 3 is 2.81 bits per heavy atom. The van der Waals surface area contributed by atoms with Crippen LogP contribution in [0.25, 0.3) is 11.0 Å². The molecule has 1 unspecified atom stereocenters. The molecule has 0 saturated carbocycles. The third-order valence-corrected chi connectivity index (χ3v) is 3.80. The van der Waals surface area contributed by atoms with Gasteiger partial charge in [-0.3, -0.25) is 0 Å². The third kappa shape index (κ3) is 2.11. The van der Waals surface area contributed by atoms with Crippen LogP contribution in [-0.4, -0.2) is 31.4 Å². The molecule has 1 N–H and O–H groups in total. The molecule has 1 atom stereocenters. The van der Waals surface area contributed by atoms with Crippen LogP contribution in [0.2, 0.25) is 0 Å². The van der Waals surface area contributed by atoms with Gasteiger partial charge in [0.05, 0.1) is 24.2 Å². The standard InChI is InChI=1S/C13H14FN5OS/c1-7(12-17-15-6-18(12)2)19-10-5-11(20-3)8(14)4-9(10)16-13(19)21/h4-7H,1-3H3,(H,16,21). The van der Waals surface area contributed by atoms with E-state index in [-0.39, 0.29) is 11.8 Å². The minimum atomic E-state index is -0.431. The minimum Gasteiger partial charge on any atom is -0.494 e. The second-order valence-corrected chi connectivity index (χ2v) is 5.17. The van der Waals surface area contributed by atoms with Crippen LogP contribution in [0.3, 0.4) is 0 Å². The van der Waals surface area contributed by atoms with Gasteiger partial charge >= 0.3 is 0 Å². The Hall–Kier alpha value is -2.22. The van der Waals surface area contributed by atoms with Crippen molar-refractivity contribution in [3.05, 3.63) is 34.9 Å². The molecule has 0 aliphatic heterocycles. The molecule has 0 aliphatic rings. The number of benzene rings is 1. The summed E-state index contributed by atoms with van der Waals surface area (Å²) in [5.41, 5.74) is 1.38. The van der Waals surface area contributed by atoms with Gasteiger partial charge in [-0.2, -0.15) is 0 Å². The lowest BCUT2D eigenvalue weighted by Gasteiger charge is -2.14. The number of hydrogen-bond donors (Lipinski definition) is 1. The van der Waals surface area contributed by atoms with Gasteiger partial charge in [-0.25, -0.2) is 4.39 Å². The van der Waals surface area contributed by atoms with Crippen LogP contribution in [0, 0.1) is 10.6 Å². The van der Waals surface area contributed by atoms with Gasteiger partial charge in [0.2, 0.25) is 0 Å². The van der Waals surface area contributed by atoms with Gasteiger partial charge in [0.25, 0.3) is 0 Å². The van der Waals surface area contributed by atoms with Crippen molar-refractivity contribution in [2.45, 2.75) is 13.0 Å². The number of halogens is 1. The lowest BCUT2D eigenvalue weighted by molar-refractivity contribution is 0.387. The number of methoxy groups -OCH3 is 1. The van der Waals surface area contributed by atoms with E-state index in [4.69, 9.17) is 17.0 Å². The van der Waals surface area contributed by atoms with Crippen molar-refractivity contribution in [3.8, 4) is 5.75 Å². The van der Waals surface area contributed by atoms with E-state index in [9.17, 15) is 4.39 Å². The summed E-state index contributed by atoms with van der Waals surface area (Å²) in [5, 5.41) is 7.99. The normalized spacial score (nSPS) is 12.8. The van der Waals surface area contributed by atoms with Crippen molar-refractivity contribution in [1.29, 1.82) is 0 Å². The van der Waals surface area contributed by atoms with Gasteiger partial charge in [0.15, 0.2) is 22.2 Å². The molecule has 110 valence electrons. The molecule has 3 rings (SSSR count). The van der Waals surface area contributed by atoms with E-state index >= 15 is 0 Å². The molecule has 21 heavy (non-hydrogen) atoms. The fraction of sp³-hybridized carbons (Fsp3) is 0.308. The molecule has 0 spiro atoms. The van der Waals surface area contributed by atoms with Crippen molar-refractivity contribution in [1.82, 2.24) is 24.3 Å². The molecule has 2 heterocycles. The lowest BCUT2D eigenvalue weighted by Crippen LogP contribution is -2.12. The van der Waals surface area contributed by atoms with E-state index < -0.39 is 5.82 Å². The number of aromatic amines is 1. The number of hydrogen-bond acceptors (Lipinski definition) is 4. The van der Waals surface area contributed by atoms with E-state index in [0.29, 0.717) is 10.3 Å². The largest absolute Gasteiger partial charge is 0.494 e. The second-order valence-electron chi connectivity index (χ2n) is 4.78. The van der Waals surface area contributed by atoms with Crippen LogP contribution >= 0.6 is 12.2 Å². The van der Waals surface area contributed by atoms with E-state index in [2.05, 4.69) is 15.2 Å². The van der Waals surface area contributed by atoms with Gasteiger partial charge in [0.1, 0.15) is 6.33 Å². The number of nitrogens with zero attached hydrogens (tertiary/aromatic N) is 4. The number of aromatic nitrogens is 5. The molecule has 0 amide bonds. The summed E-state index contributed by atoms with van der Waals surface area (Å²) in [6.45, 7) is 1.96. The number of aryl methyl sites for hydroxylation is 1. The van der Waals surface area contributed by atoms with Crippen LogP contribution in [0.15, 0.2) is 18.5 Å². The summed E-state index contributed by atoms with van der Waals surface area (Å²) in [7, 11) is 3.30. The van der Waals surface area contributed by atoms with Crippen molar-refractivity contribution in [2.75, 3.05) is 7.11 Å². The van der Waals surface area contributed by atoms with Crippen LogP contribution in [-0.2, 0) is 7.05 Å². The molecule has 0 aliphatic carbocycles. The molecular weight excluding hydrogens is 293 g/mol. The fourth-order valence-electron chi connectivity index (χ4n) is 2.45. The van der Waals surface area contributed by atoms with Crippen molar-refractivity contribution >= 4 is 23.3 Å². The van der Waals surface area contributed by atoms with Crippen LogP contribution in [0.4, 0.5) is 4.39 Å². The van der Waals surface area contributed by atoms with E-state index in [1.807, 2.05) is 23.1 Å². The van der Waals surface area contributed by atoms with E-state index in [1.165, 1.54) is 13.2 Å². The Balaban J connectivity index is 2.25. The number of imidazole rings is 1. The summed E-state index contributed by atoms with van der Waals surface area (Å²) < 4.78 is 23.0. The van der Waals surface area contributed by atoms with Gasteiger partial charge in [0, 0.05) is 19.2 Å². The topological polar surface area (TPSA) is 60.7 Å². The zero-order chi connectivity index (χ0) is 15.1. The molecule has 3 aromatic rings. The number of rotatable bonds is 3. The first-order chi connectivity index (χ1) is 10.0. The summed E-state index contributed by atoms with van der Waals surface area (Å²) in [4.78, 5) is 3.01. The number of nitrogens with one attached hydrogen (secondary N) is 1. The Morgan fingerprint density at radius 1 is 1.43 bits per heavy atom. The SMILES string of the molecule is COc1cc2c(cc1F)[nH]c(=S)n2C(C)c1nncn1C. The average Bonchev–Trinajstić information content (AvgIpc) is 2.99. The van der Waals surface area contributed by atoms with E-state index in [0.717, 1.165) is 11.3 Å². The second kappa shape index (κ2) is 4.96. The maximum Gasteiger partial charge on any atom is 0.178 e. The van der Waals surface area contributed by atoms with Gasteiger partial charge in [-0.05, 0) is 19.1 Å². The molecule has 2 aromatic heterocycles. The van der Waals surface area contributed by atoms with Gasteiger partial charge in [-0.1, -0.05) is 0 Å². The number of ether oxygens (including phenoxy) is 1. The lowest BCUT2D eigenvalue weighted by atomic mass is 10.2.